The lowest BCUT2D eigenvalue weighted by molar-refractivity contribution is -0.0229. The van der Waals surface area contributed by atoms with Crippen molar-refractivity contribution >= 4 is 16.9 Å². The molecule has 2 aliphatic heterocycles. The molecule has 1 fully saturated rings. The normalized spacial score (nSPS) is 29.2. The molecule has 104 valence electrons. The Morgan fingerprint density at radius 3 is 2.61 bits per heavy atom. The minimum absolute atomic E-state index is 0.0650. The number of rotatable bonds is 4. The molecule has 0 radical (unpaired) electrons. The van der Waals surface area contributed by atoms with Crippen molar-refractivity contribution in [1.82, 2.24) is 4.90 Å². The molecule has 2 heterocycles. The van der Waals surface area contributed by atoms with Crippen molar-refractivity contribution in [3.8, 4) is 0 Å². The molecule has 18 heavy (non-hydrogen) atoms. The fourth-order valence-corrected chi connectivity index (χ4v) is 3.81. The van der Waals surface area contributed by atoms with Gasteiger partial charge >= 0.3 is 0 Å². The molecule has 6 heteroatoms. The fraction of sp³-hybridized carbons (Fsp3) is 0.917. The molecule has 0 bridgehead atoms. The van der Waals surface area contributed by atoms with E-state index < -0.39 is 12.2 Å². The van der Waals surface area contributed by atoms with Crippen LogP contribution in [0.2, 0.25) is 0 Å². The highest BCUT2D eigenvalue weighted by Crippen LogP contribution is 2.32. The first-order valence-corrected chi connectivity index (χ1v) is 7.44. The molecule has 0 aromatic rings. The number of nitrogens with zero attached hydrogens (tertiary/aromatic N) is 2. The maximum Gasteiger partial charge on any atom is 0.159 e. The van der Waals surface area contributed by atoms with Crippen molar-refractivity contribution in [2.75, 3.05) is 26.2 Å². The molecule has 0 aromatic carbocycles. The Balaban J connectivity index is 1.92. The van der Waals surface area contributed by atoms with Gasteiger partial charge in [0.25, 0.3) is 0 Å². The summed E-state index contributed by atoms with van der Waals surface area (Å²) in [4.78, 5) is 6.78. The van der Waals surface area contributed by atoms with Crippen molar-refractivity contribution in [1.29, 1.82) is 0 Å². The summed E-state index contributed by atoms with van der Waals surface area (Å²) < 4.78 is 0. The molecular formula is C12H22N2O3S. The number of aliphatic hydroxyl groups excluding tert-OH is 3. The zero-order valence-electron chi connectivity index (χ0n) is 10.7. The van der Waals surface area contributed by atoms with Crippen LogP contribution in [0.3, 0.4) is 0 Å². The van der Waals surface area contributed by atoms with Crippen LogP contribution >= 0.6 is 11.8 Å². The summed E-state index contributed by atoms with van der Waals surface area (Å²) in [5.74, 6) is -0.321. The highest BCUT2D eigenvalue weighted by atomic mass is 32.2. The largest absolute Gasteiger partial charge is 0.396 e. The summed E-state index contributed by atoms with van der Waals surface area (Å²) in [6.45, 7) is 4.16. The summed E-state index contributed by atoms with van der Waals surface area (Å²) in [6.07, 6.45) is 0.715. The molecular weight excluding hydrogens is 252 g/mol. The van der Waals surface area contributed by atoms with Gasteiger partial charge in [-0.25, -0.2) is 0 Å². The molecule has 1 saturated heterocycles. The predicted octanol–water partition coefficient (Wildman–Crippen LogP) is -0.0962. The summed E-state index contributed by atoms with van der Waals surface area (Å²) in [7, 11) is 0. The standard InChI is InChI=1S/C12H22N2O3S/c1-8(16)11(17)9(7-15)10-6-13-12(18-10)14-4-2-3-5-14/h8-11,15-17H,2-7H2,1H3/t8-,9+,10?,11+/m1/s1. The van der Waals surface area contributed by atoms with E-state index in [0.717, 1.165) is 18.3 Å². The van der Waals surface area contributed by atoms with Gasteiger partial charge < -0.3 is 20.2 Å². The predicted molar refractivity (Wildman–Crippen MR) is 72.8 cm³/mol. The number of thioether (sulfide) groups is 1. The number of hydrogen-bond acceptors (Lipinski definition) is 6. The first kappa shape index (κ1) is 14.1. The lowest BCUT2D eigenvalue weighted by atomic mass is 9.95. The van der Waals surface area contributed by atoms with Crippen molar-refractivity contribution < 1.29 is 15.3 Å². The number of hydrogen-bond donors (Lipinski definition) is 3. The molecule has 2 rings (SSSR count). The van der Waals surface area contributed by atoms with Crippen LogP contribution in [-0.4, -0.2) is 69.1 Å². The Labute approximate surface area is 112 Å². The minimum atomic E-state index is -0.888. The van der Waals surface area contributed by atoms with Crippen LogP contribution in [0.5, 0.6) is 0 Å². The van der Waals surface area contributed by atoms with E-state index in [1.54, 1.807) is 18.7 Å². The van der Waals surface area contributed by atoms with Gasteiger partial charge in [0.2, 0.25) is 0 Å². The second-order valence-electron chi connectivity index (χ2n) is 5.05. The van der Waals surface area contributed by atoms with E-state index in [9.17, 15) is 15.3 Å². The Hall–Kier alpha value is -0.300. The topological polar surface area (TPSA) is 76.3 Å². The third-order valence-electron chi connectivity index (χ3n) is 3.66. The number of amidine groups is 1. The van der Waals surface area contributed by atoms with Gasteiger partial charge in [-0.2, -0.15) is 0 Å². The van der Waals surface area contributed by atoms with E-state index in [0.29, 0.717) is 6.54 Å². The second kappa shape index (κ2) is 6.23. The van der Waals surface area contributed by atoms with Crippen LogP contribution in [0, 0.1) is 5.92 Å². The van der Waals surface area contributed by atoms with Crippen LogP contribution in [0.25, 0.3) is 0 Å². The molecule has 3 N–H and O–H groups in total. The fourth-order valence-electron chi connectivity index (χ4n) is 2.49. The van der Waals surface area contributed by atoms with Crippen LogP contribution in [0.15, 0.2) is 4.99 Å². The molecule has 4 atom stereocenters. The summed E-state index contributed by atoms with van der Waals surface area (Å²) >= 11 is 1.63. The first-order valence-electron chi connectivity index (χ1n) is 6.56. The maximum absolute atomic E-state index is 9.91. The van der Waals surface area contributed by atoms with Crippen LogP contribution in [0.1, 0.15) is 19.8 Å². The minimum Gasteiger partial charge on any atom is -0.396 e. The molecule has 1 unspecified atom stereocenters. The summed E-state index contributed by atoms with van der Waals surface area (Å²) in [5, 5.41) is 29.9. The maximum atomic E-state index is 9.91. The SMILES string of the molecule is C[C@@H](O)[C@H](O)[C@@H](CO)C1CN=C(N2CCCC2)S1. The average molecular weight is 274 g/mol. The van der Waals surface area contributed by atoms with Crippen LogP contribution in [0.4, 0.5) is 0 Å². The second-order valence-corrected chi connectivity index (χ2v) is 6.26. The van der Waals surface area contributed by atoms with Gasteiger partial charge in [-0.05, 0) is 19.8 Å². The van der Waals surface area contributed by atoms with Crippen LogP contribution < -0.4 is 0 Å². The van der Waals surface area contributed by atoms with Gasteiger partial charge in [-0.1, -0.05) is 11.8 Å². The van der Waals surface area contributed by atoms with E-state index in [-0.39, 0.29) is 17.8 Å². The molecule has 5 nitrogen and oxygen atoms in total. The lowest BCUT2D eigenvalue weighted by Gasteiger charge is -2.27. The van der Waals surface area contributed by atoms with Crippen molar-refractivity contribution in [3.63, 3.8) is 0 Å². The smallest absolute Gasteiger partial charge is 0.159 e. The summed E-state index contributed by atoms with van der Waals surface area (Å²) in [6, 6.07) is 0. The van der Waals surface area contributed by atoms with E-state index >= 15 is 0 Å². The van der Waals surface area contributed by atoms with Gasteiger partial charge in [0.05, 0.1) is 18.8 Å². The highest BCUT2D eigenvalue weighted by molar-refractivity contribution is 8.14. The monoisotopic (exact) mass is 274 g/mol. The third-order valence-corrected chi connectivity index (χ3v) is 5.06. The van der Waals surface area contributed by atoms with Gasteiger partial charge in [-0.3, -0.25) is 4.99 Å². The third kappa shape index (κ3) is 2.99. The molecule has 0 aliphatic carbocycles. The van der Waals surface area contributed by atoms with Gasteiger partial charge in [-0.15, -0.1) is 0 Å². The Bertz CT molecular complexity index is 306. The van der Waals surface area contributed by atoms with E-state index in [2.05, 4.69) is 9.89 Å². The zero-order chi connectivity index (χ0) is 13.1. The average Bonchev–Trinajstić information content (AvgIpc) is 2.99. The molecule has 0 amide bonds. The molecule has 2 aliphatic rings. The quantitative estimate of drug-likeness (QED) is 0.667. The van der Waals surface area contributed by atoms with Gasteiger partial charge in [0.1, 0.15) is 0 Å². The first-order chi connectivity index (χ1) is 8.63. The van der Waals surface area contributed by atoms with Crippen molar-refractivity contribution in [2.24, 2.45) is 10.9 Å². The van der Waals surface area contributed by atoms with E-state index in [1.165, 1.54) is 12.8 Å². The van der Waals surface area contributed by atoms with Gasteiger partial charge in [0.15, 0.2) is 5.17 Å². The molecule has 0 aromatic heterocycles. The van der Waals surface area contributed by atoms with E-state index in [4.69, 9.17) is 0 Å². The highest BCUT2D eigenvalue weighted by Gasteiger charge is 2.36. The van der Waals surface area contributed by atoms with Crippen molar-refractivity contribution in [3.05, 3.63) is 0 Å². The molecule has 0 saturated carbocycles. The van der Waals surface area contributed by atoms with Crippen molar-refractivity contribution in [2.45, 2.75) is 37.2 Å². The Morgan fingerprint density at radius 2 is 2.06 bits per heavy atom. The number of aliphatic hydroxyl groups is 3. The lowest BCUT2D eigenvalue weighted by Crippen LogP contribution is -2.40. The van der Waals surface area contributed by atoms with Crippen LogP contribution in [-0.2, 0) is 0 Å². The van der Waals surface area contributed by atoms with Gasteiger partial charge in [0, 0.05) is 30.9 Å². The Morgan fingerprint density at radius 1 is 1.39 bits per heavy atom. The van der Waals surface area contributed by atoms with E-state index in [1.807, 2.05) is 0 Å². The summed E-state index contributed by atoms with van der Waals surface area (Å²) in [5.41, 5.74) is 0. The Kier molecular flexibility index (Phi) is 4.89. The molecule has 0 spiro atoms. The zero-order valence-corrected chi connectivity index (χ0v) is 11.5. The number of likely N-dealkylation sites (tertiary alicyclic amines) is 1. The number of aliphatic imine (C=N–C) groups is 1.